The van der Waals surface area contributed by atoms with Crippen molar-refractivity contribution in [2.24, 2.45) is 0 Å². The molecule has 1 aromatic rings. The third-order valence-electron chi connectivity index (χ3n) is 1.16. The Kier molecular flexibility index (Phi) is 3.87. The second-order valence-corrected chi connectivity index (χ2v) is 4.93. The van der Waals surface area contributed by atoms with Crippen molar-refractivity contribution in [1.29, 1.82) is 5.41 Å². The van der Waals surface area contributed by atoms with E-state index in [4.69, 9.17) is 10.1 Å². The van der Waals surface area contributed by atoms with Crippen LogP contribution in [0.4, 0.5) is 0 Å². The lowest BCUT2D eigenvalue weighted by atomic mass is 10.4. The van der Waals surface area contributed by atoms with Gasteiger partial charge >= 0.3 is 0 Å². The van der Waals surface area contributed by atoms with E-state index >= 15 is 0 Å². The fraction of sp³-hybridized carbons (Fsp3) is 0.429. The Balaban J connectivity index is 2.83. The first kappa shape index (κ1) is 11.1. The van der Waals surface area contributed by atoms with Crippen LogP contribution in [0.3, 0.4) is 0 Å². The molecule has 3 nitrogen and oxygen atoms in total. The van der Waals surface area contributed by atoms with E-state index < -0.39 is 0 Å². The molecule has 13 heavy (non-hydrogen) atoms. The highest BCUT2D eigenvalue weighted by atomic mass is 79.9. The van der Waals surface area contributed by atoms with Crippen LogP contribution >= 0.6 is 43.4 Å². The molecule has 6 heteroatoms. The number of hydrogen-bond acceptors (Lipinski definition) is 4. The van der Waals surface area contributed by atoms with Crippen molar-refractivity contribution in [3.63, 3.8) is 0 Å². The number of aromatic nitrogens is 1. The van der Waals surface area contributed by atoms with Crippen molar-refractivity contribution < 1.29 is 4.74 Å². The standard InChI is InChI=1S/C7H8Br2N2OS/c1-3(2)12-7(10)5-4(8)6(9)11-13-5/h3,10H,1-2H3. The van der Waals surface area contributed by atoms with E-state index in [0.29, 0.717) is 9.48 Å². The van der Waals surface area contributed by atoms with Crippen molar-refractivity contribution in [2.75, 3.05) is 0 Å². The van der Waals surface area contributed by atoms with Gasteiger partial charge in [-0.1, -0.05) is 0 Å². The summed E-state index contributed by atoms with van der Waals surface area (Å²) in [4.78, 5) is 0.709. The van der Waals surface area contributed by atoms with Crippen molar-refractivity contribution in [3.8, 4) is 0 Å². The van der Waals surface area contributed by atoms with E-state index in [9.17, 15) is 0 Å². The monoisotopic (exact) mass is 326 g/mol. The highest BCUT2D eigenvalue weighted by Crippen LogP contribution is 2.29. The molecule has 0 spiro atoms. The summed E-state index contributed by atoms with van der Waals surface area (Å²) in [6.07, 6.45) is 0.0141. The molecule has 0 atom stereocenters. The topological polar surface area (TPSA) is 46.0 Å². The van der Waals surface area contributed by atoms with Gasteiger partial charge in [0.2, 0.25) is 5.90 Å². The van der Waals surface area contributed by atoms with Crippen LogP contribution in [0.25, 0.3) is 0 Å². The van der Waals surface area contributed by atoms with Crippen LogP contribution in [0.5, 0.6) is 0 Å². The number of halogens is 2. The first-order valence-electron chi connectivity index (χ1n) is 3.58. The predicted octanol–water partition coefficient (Wildman–Crippen LogP) is 3.42. The average Bonchev–Trinajstić information content (AvgIpc) is 2.31. The second-order valence-electron chi connectivity index (χ2n) is 2.61. The lowest BCUT2D eigenvalue weighted by molar-refractivity contribution is 0.228. The molecular weight excluding hydrogens is 320 g/mol. The zero-order valence-electron chi connectivity index (χ0n) is 7.10. The minimum Gasteiger partial charge on any atom is -0.474 e. The number of rotatable bonds is 2. The summed E-state index contributed by atoms with van der Waals surface area (Å²) in [7, 11) is 0. The molecule has 0 aliphatic carbocycles. The molecule has 1 heterocycles. The quantitative estimate of drug-likeness (QED) is 0.668. The first-order valence-corrected chi connectivity index (χ1v) is 5.94. The Morgan fingerprint density at radius 3 is 2.54 bits per heavy atom. The Morgan fingerprint density at radius 1 is 1.54 bits per heavy atom. The summed E-state index contributed by atoms with van der Waals surface area (Å²) in [5.41, 5.74) is 0. The molecule has 0 fully saturated rings. The molecule has 0 saturated carbocycles. The molecule has 1 N–H and O–H groups in total. The SMILES string of the molecule is CC(C)OC(=N)c1snc(Br)c1Br. The minimum atomic E-state index is 0.0141. The van der Waals surface area contributed by atoms with Crippen LogP contribution in [0.1, 0.15) is 18.7 Å². The summed E-state index contributed by atoms with van der Waals surface area (Å²) in [5.74, 6) is 0.157. The van der Waals surface area contributed by atoms with E-state index in [1.807, 2.05) is 13.8 Å². The number of nitrogens with zero attached hydrogens (tertiary/aromatic N) is 1. The second kappa shape index (κ2) is 4.52. The molecule has 0 bridgehead atoms. The highest BCUT2D eigenvalue weighted by Gasteiger charge is 2.15. The summed E-state index contributed by atoms with van der Waals surface area (Å²) in [6.45, 7) is 3.77. The molecule has 0 aliphatic rings. The maximum absolute atomic E-state index is 7.61. The Hall–Kier alpha value is 0.0600. The molecule has 1 aromatic heterocycles. The van der Waals surface area contributed by atoms with Crippen LogP contribution in [0, 0.1) is 5.41 Å². The van der Waals surface area contributed by atoms with Crippen LogP contribution in [0.2, 0.25) is 0 Å². The van der Waals surface area contributed by atoms with Gasteiger partial charge in [0.15, 0.2) is 0 Å². The summed E-state index contributed by atoms with van der Waals surface area (Å²) in [6, 6.07) is 0. The van der Waals surface area contributed by atoms with Crippen molar-refractivity contribution in [2.45, 2.75) is 20.0 Å². The van der Waals surface area contributed by atoms with Gasteiger partial charge in [0.05, 0.1) is 10.6 Å². The first-order chi connectivity index (χ1) is 6.02. The van der Waals surface area contributed by atoms with Crippen molar-refractivity contribution in [3.05, 3.63) is 14.0 Å². The van der Waals surface area contributed by atoms with Gasteiger partial charge in [-0.2, -0.15) is 4.37 Å². The third-order valence-corrected chi connectivity index (χ3v) is 4.38. The largest absolute Gasteiger partial charge is 0.474 e. The van der Waals surface area contributed by atoms with E-state index in [2.05, 4.69) is 36.2 Å². The van der Waals surface area contributed by atoms with E-state index in [0.717, 1.165) is 4.47 Å². The van der Waals surface area contributed by atoms with Gasteiger partial charge in [0, 0.05) is 0 Å². The summed E-state index contributed by atoms with van der Waals surface area (Å²) < 4.78 is 10.8. The van der Waals surface area contributed by atoms with Gasteiger partial charge in [-0.25, -0.2) is 0 Å². The van der Waals surface area contributed by atoms with Crippen LogP contribution < -0.4 is 0 Å². The number of nitrogens with one attached hydrogen (secondary N) is 1. The fourth-order valence-electron chi connectivity index (χ4n) is 0.690. The van der Waals surface area contributed by atoms with Crippen molar-refractivity contribution >= 4 is 49.3 Å². The minimum absolute atomic E-state index is 0.0141. The van der Waals surface area contributed by atoms with Crippen LogP contribution in [-0.4, -0.2) is 16.4 Å². The number of ether oxygens (including phenoxy) is 1. The van der Waals surface area contributed by atoms with Gasteiger partial charge in [-0.15, -0.1) is 0 Å². The zero-order valence-corrected chi connectivity index (χ0v) is 11.1. The molecule has 1 rings (SSSR count). The molecule has 0 aromatic carbocycles. The summed E-state index contributed by atoms with van der Waals surface area (Å²) in [5, 5.41) is 7.61. The van der Waals surface area contributed by atoms with Gasteiger partial charge in [-0.3, -0.25) is 5.41 Å². The fourth-order valence-corrected chi connectivity index (χ4v) is 2.41. The zero-order chi connectivity index (χ0) is 10.0. The average molecular weight is 328 g/mol. The van der Waals surface area contributed by atoms with Gasteiger partial charge in [0.1, 0.15) is 9.48 Å². The highest BCUT2D eigenvalue weighted by molar-refractivity contribution is 9.13. The van der Waals surface area contributed by atoms with Crippen molar-refractivity contribution in [1.82, 2.24) is 4.37 Å². The molecule has 0 unspecified atom stereocenters. The third kappa shape index (κ3) is 2.75. The van der Waals surface area contributed by atoms with Gasteiger partial charge < -0.3 is 4.74 Å². The lowest BCUT2D eigenvalue weighted by Gasteiger charge is -2.08. The van der Waals surface area contributed by atoms with Gasteiger partial charge in [-0.05, 0) is 57.2 Å². The molecule has 0 radical (unpaired) electrons. The maximum atomic E-state index is 7.61. The van der Waals surface area contributed by atoms with E-state index in [-0.39, 0.29) is 12.0 Å². The van der Waals surface area contributed by atoms with E-state index in [1.165, 1.54) is 11.5 Å². The Bertz CT molecular complexity index is 324. The molecule has 0 saturated heterocycles. The number of hydrogen-bond donors (Lipinski definition) is 1. The Morgan fingerprint density at radius 2 is 2.15 bits per heavy atom. The smallest absolute Gasteiger partial charge is 0.226 e. The normalized spacial score (nSPS) is 10.5. The molecular formula is C7H8Br2N2OS. The molecule has 0 amide bonds. The maximum Gasteiger partial charge on any atom is 0.226 e. The van der Waals surface area contributed by atoms with Crippen LogP contribution in [0.15, 0.2) is 9.08 Å². The van der Waals surface area contributed by atoms with E-state index in [1.54, 1.807) is 0 Å². The molecule has 0 aliphatic heterocycles. The summed E-state index contributed by atoms with van der Waals surface area (Å²) >= 11 is 7.80. The predicted molar refractivity (Wildman–Crippen MR) is 60.6 cm³/mol. The van der Waals surface area contributed by atoms with Gasteiger partial charge in [0.25, 0.3) is 0 Å². The lowest BCUT2D eigenvalue weighted by Crippen LogP contribution is -2.10. The molecule has 72 valence electrons. The van der Waals surface area contributed by atoms with Crippen LogP contribution in [-0.2, 0) is 4.74 Å². The Labute approximate surface area is 97.4 Å².